The van der Waals surface area contributed by atoms with Crippen LogP contribution in [0.3, 0.4) is 0 Å². The van der Waals surface area contributed by atoms with Gasteiger partial charge in [0, 0.05) is 25.9 Å². The van der Waals surface area contributed by atoms with Gasteiger partial charge in [0.25, 0.3) is 0 Å². The van der Waals surface area contributed by atoms with Crippen LogP contribution in [-0.4, -0.2) is 20.3 Å². The van der Waals surface area contributed by atoms with Crippen molar-refractivity contribution < 1.29 is 5.11 Å². The molecule has 2 unspecified atom stereocenters. The number of aliphatic hydroxyl groups is 1. The highest BCUT2D eigenvalue weighted by molar-refractivity contribution is 4.95. The van der Waals surface area contributed by atoms with E-state index in [1.54, 1.807) is 0 Å². The third-order valence-corrected chi connectivity index (χ3v) is 3.80. The summed E-state index contributed by atoms with van der Waals surface area (Å²) < 4.78 is 2.04. The highest BCUT2D eigenvalue weighted by atomic mass is 16.3. The first-order valence-corrected chi connectivity index (χ1v) is 6.28. The predicted octanol–water partition coefficient (Wildman–Crippen LogP) is 2.29. The van der Waals surface area contributed by atoms with Gasteiger partial charge in [0.1, 0.15) is 5.82 Å². The Bertz CT molecular complexity index is 347. The van der Waals surface area contributed by atoms with Crippen molar-refractivity contribution in [2.75, 3.05) is 0 Å². The van der Waals surface area contributed by atoms with Crippen LogP contribution in [0.5, 0.6) is 0 Å². The van der Waals surface area contributed by atoms with Crippen LogP contribution in [0.1, 0.15) is 44.9 Å². The topological polar surface area (TPSA) is 38.1 Å². The van der Waals surface area contributed by atoms with Crippen LogP contribution >= 0.6 is 0 Å². The number of hydrogen-bond acceptors (Lipinski definition) is 2. The third-order valence-electron chi connectivity index (χ3n) is 3.80. The zero-order valence-corrected chi connectivity index (χ0v) is 10.3. The first-order valence-electron chi connectivity index (χ1n) is 6.28. The van der Waals surface area contributed by atoms with E-state index in [9.17, 15) is 5.11 Å². The molecule has 1 aromatic heterocycles. The highest BCUT2D eigenvalue weighted by Gasteiger charge is 2.32. The molecular weight excluding hydrogens is 200 g/mol. The second-order valence-corrected chi connectivity index (χ2v) is 5.38. The molecule has 1 heterocycles. The Hall–Kier alpha value is -0.830. The van der Waals surface area contributed by atoms with Crippen LogP contribution in [-0.2, 0) is 13.5 Å². The maximum absolute atomic E-state index is 10.5. The second kappa shape index (κ2) is 4.58. The molecule has 3 heteroatoms. The summed E-state index contributed by atoms with van der Waals surface area (Å²) in [6, 6.07) is 0. The predicted molar refractivity (Wildman–Crippen MR) is 64.1 cm³/mol. The van der Waals surface area contributed by atoms with E-state index in [-0.39, 0.29) is 0 Å². The monoisotopic (exact) mass is 222 g/mol. The Morgan fingerprint density at radius 1 is 1.62 bits per heavy atom. The van der Waals surface area contributed by atoms with Gasteiger partial charge in [-0.25, -0.2) is 4.98 Å². The van der Waals surface area contributed by atoms with Crippen LogP contribution in [0.2, 0.25) is 0 Å². The fourth-order valence-corrected chi connectivity index (χ4v) is 2.84. The summed E-state index contributed by atoms with van der Waals surface area (Å²) in [4.78, 5) is 4.30. The Morgan fingerprint density at radius 2 is 2.44 bits per heavy atom. The number of hydrogen-bond donors (Lipinski definition) is 1. The van der Waals surface area contributed by atoms with E-state index >= 15 is 0 Å². The van der Waals surface area contributed by atoms with Crippen molar-refractivity contribution in [3.05, 3.63) is 18.2 Å². The van der Waals surface area contributed by atoms with Crippen molar-refractivity contribution in [2.24, 2.45) is 13.0 Å². The molecule has 1 saturated carbocycles. The van der Waals surface area contributed by atoms with E-state index in [2.05, 4.69) is 11.9 Å². The molecule has 90 valence electrons. The molecule has 3 nitrogen and oxygen atoms in total. The fourth-order valence-electron chi connectivity index (χ4n) is 2.84. The van der Waals surface area contributed by atoms with Crippen LogP contribution < -0.4 is 0 Å². The summed E-state index contributed by atoms with van der Waals surface area (Å²) in [5.41, 5.74) is -0.441. The molecular formula is C13H22N2O. The summed E-state index contributed by atoms with van der Waals surface area (Å²) >= 11 is 0. The molecule has 0 aliphatic heterocycles. The summed E-state index contributed by atoms with van der Waals surface area (Å²) in [5.74, 6) is 1.74. The van der Waals surface area contributed by atoms with E-state index in [4.69, 9.17) is 0 Å². The number of rotatable bonds is 3. The maximum Gasteiger partial charge on any atom is 0.108 e. The van der Waals surface area contributed by atoms with E-state index in [0.717, 1.165) is 37.9 Å². The second-order valence-electron chi connectivity index (χ2n) is 5.38. The SMILES string of the molecule is CC1CCCC(O)(CCc2nccn2C)C1. The van der Waals surface area contributed by atoms with Gasteiger partial charge in [0.05, 0.1) is 5.60 Å². The average Bonchev–Trinajstić information content (AvgIpc) is 2.61. The van der Waals surface area contributed by atoms with E-state index in [1.165, 1.54) is 6.42 Å². The first kappa shape index (κ1) is 11.6. The van der Waals surface area contributed by atoms with Gasteiger partial charge in [-0.3, -0.25) is 0 Å². The molecule has 0 bridgehead atoms. The summed E-state index contributed by atoms with van der Waals surface area (Å²) in [7, 11) is 2.01. The molecule has 0 amide bonds. The van der Waals surface area contributed by atoms with Crippen LogP contribution in [0.25, 0.3) is 0 Å². The summed E-state index contributed by atoms with van der Waals surface area (Å²) in [6.45, 7) is 2.24. The van der Waals surface area contributed by atoms with Gasteiger partial charge in [0.15, 0.2) is 0 Å². The van der Waals surface area contributed by atoms with Crippen molar-refractivity contribution in [3.8, 4) is 0 Å². The molecule has 2 rings (SSSR count). The van der Waals surface area contributed by atoms with E-state index in [0.29, 0.717) is 5.92 Å². The van der Waals surface area contributed by atoms with Crippen molar-refractivity contribution in [2.45, 2.75) is 51.0 Å². The molecule has 16 heavy (non-hydrogen) atoms. The summed E-state index contributed by atoms with van der Waals surface area (Å²) in [5, 5.41) is 10.5. The Morgan fingerprint density at radius 3 is 3.06 bits per heavy atom. The van der Waals surface area contributed by atoms with E-state index < -0.39 is 5.60 Å². The Balaban J connectivity index is 1.91. The zero-order chi connectivity index (χ0) is 11.6. The quantitative estimate of drug-likeness (QED) is 0.852. The van der Waals surface area contributed by atoms with E-state index in [1.807, 2.05) is 24.0 Å². The minimum Gasteiger partial charge on any atom is -0.390 e. The zero-order valence-electron chi connectivity index (χ0n) is 10.3. The number of nitrogens with zero attached hydrogens (tertiary/aromatic N) is 2. The minimum absolute atomic E-state index is 0.441. The van der Waals surface area contributed by atoms with Crippen LogP contribution in [0.15, 0.2) is 12.4 Å². The Kier molecular flexibility index (Phi) is 3.33. The van der Waals surface area contributed by atoms with Gasteiger partial charge in [0.2, 0.25) is 0 Å². The van der Waals surface area contributed by atoms with Crippen LogP contribution in [0, 0.1) is 5.92 Å². The van der Waals surface area contributed by atoms with Crippen molar-refractivity contribution in [1.82, 2.24) is 9.55 Å². The molecule has 0 spiro atoms. The van der Waals surface area contributed by atoms with Gasteiger partial charge in [-0.15, -0.1) is 0 Å². The minimum atomic E-state index is -0.441. The lowest BCUT2D eigenvalue weighted by Crippen LogP contribution is -2.35. The highest BCUT2D eigenvalue weighted by Crippen LogP contribution is 2.35. The van der Waals surface area contributed by atoms with Gasteiger partial charge in [-0.1, -0.05) is 19.8 Å². The largest absolute Gasteiger partial charge is 0.390 e. The lowest BCUT2D eigenvalue weighted by atomic mass is 9.76. The number of aryl methyl sites for hydroxylation is 2. The van der Waals surface area contributed by atoms with Crippen molar-refractivity contribution in [1.29, 1.82) is 0 Å². The molecule has 1 aliphatic rings. The van der Waals surface area contributed by atoms with Crippen molar-refractivity contribution in [3.63, 3.8) is 0 Å². The molecule has 1 fully saturated rings. The molecule has 0 radical (unpaired) electrons. The van der Waals surface area contributed by atoms with Gasteiger partial charge in [-0.05, 0) is 25.2 Å². The number of imidazole rings is 1. The third kappa shape index (κ3) is 2.64. The molecule has 2 atom stereocenters. The lowest BCUT2D eigenvalue weighted by Gasteiger charge is -2.35. The van der Waals surface area contributed by atoms with Crippen LogP contribution in [0.4, 0.5) is 0 Å². The molecule has 0 aromatic carbocycles. The molecule has 0 saturated heterocycles. The maximum atomic E-state index is 10.5. The number of aromatic nitrogens is 2. The average molecular weight is 222 g/mol. The van der Waals surface area contributed by atoms with Gasteiger partial charge < -0.3 is 9.67 Å². The van der Waals surface area contributed by atoms with Gasteiger partial charge in [-0.2, -0.15) is 0 Å². The van der Waals surface area contributed by atoms with Crippen molar-refractivity contribution >= 4 is 0 Å². The normalized spacial score (nSPS) is 30.6. The fraction of sp³-hybridized carbons (Fsp3) is 0.769. The smallest absolute Gasteiger partial charge is 0.108 e. The molecule has 1 N–H and O–H groups in total. The lowest BCUT2D eigenvalue weighted by molar-refractivity contribution is -0.0202. The molecule has 1 aliphatic carbocycles. The van der Waals surface area contributed by atoms with Gasteiger partial charge >= 0.3 is 0 Å². The first-order chi connectivity index (χ1) is 7.59. The Labute approximate surface area is 97.5 Å². The molecule has 1 aromatic rings. The standard InChI is InChI=1S/C13H22N2O/c1-11-4-3-6-13(16,10-11)7-5-12-14-8-9-15(12)2/h8-9,11,16H,3-7,10H2,1-2H3. The summed E-state index contributed by atoms with van der Waals surface area (Å²) in [6.07, 6.45) is 9.86.